The second-order valence-electron chi connectivity index (χ2n) is 14.2. The summed E-state index contributed by atoms with van der Waals surface area (Å²) < 4.78 is 4.83. The van der Waals surface area contributed by atoms with E-state index in [1.165, 1.54) is 65.0 Å². The number of para-hydroxylation sites is 2. The molecule has 0 radical (unpaired) electrons. The summed E-state index contributed by atoms with van der Waals surface area (Å²) in [5.41, 5.74) is 8.90. The van der Waals surface area contributed by atoms with Crippen molar-refractivity contribution >= 4 is 86.8 Å². The van der Waals surface area contributed by atoms with E-state index in [0.717, 1.165) is 38.7 Å². The number of fused-ring (bicyclic) bond motifs is 14. The van der Waals surface area contributed by atoms with Gasteiger partial charge < -0.3 is 9.13 Å². The van der Waals surface area contributed by atoms with Gasteiger partial charge in [0.25, 0.3) is 0 Å². The van der Waals surface area contributed by atoms with Crippen molar-refractivity contribution in [1.29, 1.82) is 0 Å². The number of rotatable bonds is 3. The number of hydrogen-bond acceptors (Lipinski definition) is 2. The SMILES string of the molecule is c1cc(-c2ncc3c4ccccc4c4ccccc4c3n2)cc(-n2c3ccccc3c3c4c5ccccc5n(-c5ccc6ccccc6c5)c4ccc32)c1. The number of aromatic nitrogens is 4. The van der Waals surface area contributed by atoms with Crippen LogP contribution in [-0.4, -0.2) is 19.1 Å². The number of hydrogen-bond donors (Lipinski definition) is 0. The standard InChI is InChI=1S/C50H30N4/c1-2-13-32-28-35(25-24-31(32)12-1)54-44-23-10-8-21-41(44)48-46(54)27-26-45-47(48)40-20-7-9-22-43(40)53(45)34-15-11-14-33(29-34)50-51-30-42-38-18-4-3-16-36(38)37-17-5-6-19-39(37)49(42)52-50/h1-30H. The van der Waals surface area contributed by atoms with Crippen LogP contribution in [0.2, 0.25) is 0 Å². The van der Waals surface area contributed by atoms with Gasteiger partial charge in [0.15, 0.2) is 5.82 Å². The Labute approximate surface area is 309 Å². The van der Waals surface area contributed by atoms with Gasteiger partial charge in [0.1, 0.15) is 0 Å². The van der Waals surface area contributed by atoms with Crippen LogP contribution in [0.25, 0.3) is 110 Å². The average molecular weight is 687 g/mol. The lowest BCUT2D eigenvalue weighted by atomic mass is 9.98. The van der Waals surface area contributed by atoms with E-state index in [2.05, 4.69) is 185 Å². The van der Waals surface area contributed by atoms with Crippen molar-refractivity contribution in [2.24, 2.45) is 0 Å². The predicted octanol–water partition coefficient (Wildman–Crippen LogP) is 13.0. The summed E-state index contributed by atoms with van der Waals surface area (Å²) >= 11 is 0. The van der Waals surface area contributed by atoms with Crippen LogP contribution in [0.4, 0.5) is 0 Å². The Hall–Kier alpha value is -7.30. The molecule has 0 atom stereocenters. The number of benzene rings is 9. The number of nitrogens with zero attached hydrogens (tertiary/aromatic N) is 4. The molecule has 54 heavy (non-hydrogen) atoms. The fraction of sp³-hybridized carbons (Fsp3) is 0. The molecule has 3 aromatic heterocycles. The fourth-order valence-electron chi connectivity index (χ4n) is 8.98. The second-order valence-corrected chi connectivity index (χ2v) is 14.2. The molecule has 0 spiro atoms. The summed E-state index contributed by atoms with van der Waals surface area (Å²) in [6, 6.07) is 63.4. The zero-order valence-electron chi connectivity index (χ0n) is 29.1. The van der Waals surface area contributed by atoms with E-state index in [4.69, 9.17) is 9.97 Å². The van der Waals surface area contributed by atoms with Crippen molar-refractivity contribution in [3.63, 3.8) is 0 Å². The Kier molecular flexibility index (Phi) is 6.02. The summed E-state index contributed by atoms with van der Waals surface area (Å²) in [4.78, 5) is 10.3. The van der Waals surface area contributed by atoms with E-state index < -0.39 is 0 Å². The third-order valence-corrected chi connectivity index (χ3v) is 11.3. The monoisotopic (exact) mass is 686 g/mol. The first-order chi connectivity index (χ1) is 26.8. The van der Waals surface area contributed by atoms with Crippen molar-refractivity contribution in [3.8, 4) is 22.8 Å². The molecule has 250 valence electrons. The molecule has 0 N–H and O–H groups in total. The normalized spacial score (nSPS) is 12.1. The van der Waals surface area contributed by atoms with E-state index in [-0.39, 0.29) is 0 Å². The summed E-state index contributed by atoms with van der Waals surface area (Å²) in [7, 11) is 0. The Morgan fingerprint density at radius 1 is 0.352 bits per heavy atom. The third kappa shape index (κ3) is 4.08. The van der Waals surface area contributed by atoms with Crippen molar-refractivity contribution < 1.29 is 0 Å². The molecule has 4 nitrogen and oxygen atoms in total. The molecule has 4 heteroatoms. The quantitative estimate of drug-likeness (QED) is 0.173. The molecule has 12 aromatic rings. The van der Waals surface area contributed by atoms with Gasteiger partial charge in [-0.2, -0.15) is 0 Å². The molecule has 0 aliphatic rings. The van der Waals surface area contributed by atoms with Gasteiger partial charge in [-0.15, -0.1) is 0 Å². The van der Waals surface area contributed by atoms with Gasteiger partial charge in [-0.05, 0) is 75.5 Å². The zero-order valence-corrected chi connectivity index (χ0v) is 29.1. The molecule has 3 heterocycles. The molecule has 9 aromatic carbocycles. The Balaban J connectivity index is 1.10. The highest BCUT2D eigenvalue weighted by Gasteiger charge is 2.21. The predicted molar refractivity (Wildman–Crippen MR) is 226 cm³/mol. The maximum Gasteiger partial charge on any atom is 0.159 e. The van der Waals surface area contributed by atoms with Crippen molar-refractivity contribution in [2.75, 3.05) is 0 Å². The first kappa shape index (κ1) is 29.3. The van der Waals surface area contributed by atoms with Crippen LogP contribution in [0.3, 0.4) is 0 Å². The third-order valence-electron chi connectivity index (χ3n) is 11.3. The molecule has 0 unspecified atom stereocenters. The Morgan fingerprint density at radius 3 is 1.57 bits per heavy atom. The van der Waals surface area contributed by atoms with Gasteiger partial charge in [0.2, 0.25) is 0 Å². The Morgan fingerprint density at radius 2 is 0.889 bits per heavy atom. The maximum atomic E-state index is 5.27. The van der Waals surface area contributed by atoms with Crippen molar-refractivity contribution in [1.82, 2.24) is 19.1 Å². The van der Waals surface area contributed by atoms with Crippen LogP contribution in [0.1, 0.15) is 0 Å². The Bertz CT molecular complexity index is 3480. The highest BCUT2D eigenvalue weighted by atomic mass is 15.0. The highest BCUT2D eigenvalue weighted by Crippen LogP contribution is 2.43. The lowest BCUT2D eigenvalue weighted by Crippen LogP contribution is -1.97. The smallest absolute Gasteiger partial charge is 0.159 e. The first-order valence-corrected chi connectivity index (χ1v) is 18.4. The zero-order chi connectivity index (χ0) is 35.3. The maximum absolute atomic E-state index is 5.27. The van der Waals surface area contributed by atoms with Crippen LogP contribution < -0.4 is 0 Å². The summed E-state index contributed by atoms with van der Waals surface area (Å²) in [5, 5.41) is 13.3. The molecule has 0 saturated carbocycles. The van der Waals surface area contributed by atoms with Crippen molar-refractivity contribution in [2.45, 2.75) is 0 Å². The molecule has 0 bridgehead atoms. The molecule has 0 fully saturated rings. The van der Waals surface area contributed by atoms with Crippen molar-refractivity contribution in [3.05, 3.63) is 182 Å². The molecule has 0 amide bonds. The van der Waals surface area contributed by atoms with E-state index in [0.29, 0.717) is 5.82 Å². The highest BCUT2D eigenvalue weighted by molar-refractivity contribution is 6.29. The minimum atomic E-state index is 0.714. The molecule has 0 aliphatic heterocycles. The summed E-state index contributed by atoms with van der Waals surface area (Å²) in [6.07, 6.45) is 2.00. The van der Waals surface area contributed by atoms with Crippen LogP contribution in [0.15, 0.2) is 182 Å². The lowest BCUT2D eigenvalue weighted by molar-refractivity contribution is 1.17. The molecular formula is C50H30N4. The fourth-order valence-corrected chi connectivity index (χ4v) is 8.98. The summed E-state index contributed by atoms with van der Waals surface area (Å²) in [5.74, 6) is 0.714. The summed E-state index contributed by atoms with van der Waals surface area (Å²) in [6.45, 7) is 0. The molecular weight excluding hydrogens is 657 g/mol. The molecule has 0 saturated heterocycles. The molecule has 0 aliphatic carbocycles. The largest absolute Gasteiger partial charge is 0.309 e. The van der Waals surface area contributed by atoms with E-state index >= 15 is 0 Å². The first-order valence-electron chi connectivity index (χ1n) is 18.4. The van der Waals surface area contributed by atoms with E-state index in [1.54, 1.807) is 0 Å². The molecule has 12 rings (SSSR count). The van der Waals surface area contributed by atoms with Crippen LogP contribution in [0, 0.1) is 0 Å². The van der Waals surface area contributed by atoms with Crippen LogP contribution in [0.5, 0.6) is 0 Å². The van der Waals surface area contributed by atoms with E-state index in [1.807, 2.05) is 6.20 Å². The van der Waals surface area contributed by atoms with Gasteiger partial charge >= 0.3 is 0 Å². The van der Waals surface area contributed by atoms with Gasteiger partial charge in [0.05, 0.1) is 27.6 Å². The van der Waals surface area contributed by atoms with Crippen LogP contribution >= 0.6 is 0 Å². The van der Waals surface area contributed by atoms with Gasteiger partial charge in [-0.1, -0.05) is 127 Å². The van der Waals surface area contributed by atoms with Gasteiger partial charge in [-0.25, -0.2) is 9.97 Å². The van der Waals surface area contributed by atoms with Gasteiger partial charge in [0, 0.05) is 55.5 Å². The lowest BCUT2D eigenvalue weighted by Gasteiger charge is -2.12. The average Bonchev–Trinajstić information content (AvgIpc) is 3.76. The second kappa shape index (κ2) is 11.1. The van der Waals surface area contributed by atoms with E-state index in [9.17, 15) is 0 Å². The minimum Gasteiger partial charge on any atom is -0.309 e. The van der Waals surface area contributed by atoms with Gasteiger partial charge in [-0.3, -0.25) is 0 Å². The van der Waals surface area contributed by atoms with Crippen LogP contribution in [-0.2, 0) is 0 Å². The minimum absolute atomic E-state index is 0.714. The topological polar surface area (TPSA) is 35.6 Å².